The second-order valence-electron chi connectivity index (χ2n) is 9.06. The van der Waals surface area contributed by atoms with Gasteiger partial charge in [0.2, 0.25) is 15.9 Å². The fourth-order valence-corrected chi connectivity index (χ4v) is 5.73. The van der Waals surface area contributed by atoms with Gasteiger partial charge < -0.3 is 19.5 Å². The molecular formula is C26H34N4O7S. The van der Waals surface area contributed by atoms with E-state index in [2.05, 4.69) is 4.99 Å². The Morgan fingerprint density at radius 2 is 1.74 bits per heavy atom. The molecule has 0 saturated carbocycles. The number of likely N-dealkylation sites (N-methyl/N-ethyl adjacent to an activating group) is 2. The molecule has 11 nitrogen and oxygen atoms in total. The Kier molecular flexibility index (Phi) is 9.47. The maximum absolute atomic E-state index is 13.1. The van der Waals surface area contributed by atoms with Gasteiger partial charge in [-0.25, -0.2) is 13.2 Å². The number of ether oxygens (including phenoxy) is 2. The van der Waals surface area contributed by atoms with Crippen molar-refractivity contribution in [2.24, 2.45) is 4.99 Å². The van der Waals surface area contributed by atoms with Crippen molar-refractivity contribution in [2.45, 2.75) is 25.3 Å². The van der Waals surface area contributed by atoms with Crippen LogP contribution in [-0.4, -0.2) is 99.5 Å². The maximum atomic E-state index is 13.1. The van der Waals surface area contributed by atoms with Gasteiger partial charge in [0.25, 0.3) is 0 Å². The third kappa shape index (κ3) is 6.69. The van der Waals surface area contributed by atoms with E-state index in [1.54, 1.807) is 45.2 Å². The van der Waals surface area contributed by atoms with Gasteiger partial charge in [-0.15, -0.1) is 0 Å². The number of aryl methyl sites for hydroxylation is 2. The fourth-order valence-electron chi connectivity index (χ4n) is 4.18. The zero-order chi connectivity index (χ0) is 28.0. The van der Waals surface area contributed by atoms with Gasteiger partial charge in [0, 0.05) is 32.7 Å². The van der Waals surface area contributed by atoms with Crippen LogP contribution >= 0.6 is 0 Å². The summed E-state index contributed by atoms with van der Waals surface area (Å²) >= 11 is 0. The summed E-state index contributed by atoms with van der Waals surface area (Å²) < 4.78 is 38.1. The highest BCUT2D eigenvalue weighted by atomic mass is 32.2. The minimum atomic E-state index is -3.74. The number of sulfonamides is 1. The lowest BCUT2D eigenvalue weighted by atomic mass is 10.1. The predicted molar refractivity (Wildman–Crippen MR) is 142 cm³/mol. The van der Waals surface area contributed by atoms with Crippen molar-refractivity contribution < 1.29 is 32.6 Å². The summed E-state index contributed by atoms with van der Waals surface area (Å²) in [4.78, 5) is 31.1. The number of carboxylic acid groups (broad SMARTS) is 1. The monoisotopic (exact) mass is 546 g/mol. The van der Waals surface area contributed by atoms with Crippen molar-refractivity contribution in [1.29, 1.82) is 0 Å². The number of carbonyl (C=O) groups is 2. The van der Waals surface area contributed by atoms with Crippen LogP contribution < -0.4 is 4.74 Å². The SMILES string of the molecule is COc1cc(C)c(S(=O)(=O)N(C)CCOCC(=O)N(C)Cc2ccc(C3=NCCN3C(=O)O)cc2)c(C)c1. The van der Waals surface area contributed by atoms with Crippen molar-refractivity contribution in [2.75, 3.05) is 54.1 Å². The third-order valence-corrected chi connectivity index (χ3v) is 8.41. The van der Waals surface area contributed by atoms with E-state index < -0.39 is 16.1 Å². The van der Waals surface area contributed by atoms with Crippen LogP contribution in [0.25, 0.3) is 0 Å². The van der Waals surface area contributed by atoms with E-state index in [0.717, 1.165) is 5.56 Å². The Morgan fingerprint density at radius 3 is 2.32 bits per heavy atom. The van der Waals surface area contributed by atoms with Crippen molar-refractivity contribution in [3.8, 4) is 5.75 Å². The summed E-state index contributed by atoms with van der Waals surface area (Å²) in [5.74, 6) is 0.765. The standard InChI is InChI=1S/C26H34N4O7S/c1-18-14-22(36-5)15-19(2)24(18)38(34,35)29(4)12-13-37-17-23(31)28(3)16-20-6-8-21(9-7-20)25-27-10-11-30(25)26(32)33/h6-9,14-15H,10-13,16-17H2,1-5H3,(H,32,33). The number of nitrogens with zero attached hydrogens (tertiary/aromatic N) is 4. The minimum Gasteiger partial charge on any atom is -0.497 e. The lowest BCUT2D eigenvalue weighted by molar-refractivity contribution is -0.135. The molecule has 1 heterocycles. The van der Waals surface area contributed by atoms with Crippen molar-refractivity contribution in [3.05, 3.63) is 58.7 Å². The Hall–Kier alpha value is -3.48. The lowest BCUT2D eigenvalue weighted by Crippen LogP contribution is -2.34. The molecule has 0 unspecified atom stereocenters. The van der Waals surface area contributed by atoms with Crippen LogP contribution in [0.3, 0.4) is 0 Å². The van der Waals surface area contributed by atoms with E-state index in [9.17, 15) is 23.1 Å². The first-order chi connectivity index (χ1) is 17.9. The van der Waals surface area contributed by atoms with Crippen LogP contribution in [0.1, 0.15) is 22.3 Å². The van der Waals surface area contributed by atoms with Crippen LogP contribution in [0, 0.1) is 13.8 Å². The van der Waals surface area contributed by atoms with Gasteiger partial charge in [-0.05, 0) is 42.7 Å². The van der Waals surface area contributed by atoms with Crippen LogP contribution in [0.15, 0.2) is 46.3 Å². The molecule has 1 aliphatic rings. The van der Waals surface area contributed by atoms with Crippen LogP contribution in [0.2, 0.25) is 0 Å². The summed E-state index contributed by atoms with van der Waals surface area (Å²) in [7, 11) is 0.918. The molecular weight excluding hydrogens is 512 g/mol. The zero-order valence-electron chi connectivity index (χ0n) is 22.3. The molecule has 2 aromatic rings. The summed E-state index contributed by atoms with van der Waals surface area (Å²) in [6.45, 7) is 4.51. The van der Waals surface area contributed by atoms with Crippen molar-refractivity contribution in [3.63, 3.8) is 0 Å². The predicted octanol–water partition coefficient (Wildman–Crippen LogP) is 2.35. The van der Waals surface area contributed by atoms with E-state index in [0.29, 0.717) is 47.9 Å². The average molecular weight is 547 g/mol. The number of rotatable bonds is 11. The number of methoxy groups -OCH3 is 1. The van der Waals surface area contributed by atoms with Crippen LogP contribution in [-0.2, 0) is 26.1 Å². The number of benzene rings is 2. The van der Waals surface area contributed by atoms with Gasteiger partial charge in [0.15, 0.2) is 0 Å². The smallest absolute Gasteiger partial charge is 0.413 e. The molecule has 3 rings (SSSR count). The molecule has 2 amide bonds. The highest BCUT2D eigenvalue weighted by molar-refractivity contribution is 7.89. The second kappa shape index (κ2) is 12.4. The Labute approximate surface area is 223 Å². The molecule has 0 radical (unpaired) electrons. The number of carbonyl (C=O) groups excluding carboxylic acids is 1. The molecule has 0 aromatic heterocycles. The number of amides is 2. The molecule has 2 aromatic carbocycles. The molecule has 0 bridgehead atoms. The molecule has 38 heavy (non-hydrogen) atoms. The number of hydrogen-bond acceptors (Lipinski definition) is 7. The van der Waals surface area contributed by atoms with Crippen molar-refractivity contribution in [1.82, 2.24) is 14.1 Å². The van der Waals surface area contributed by atoms with Crippen LogP contribution in [0.4, 0.5) is 4.79 Å². The molecule has 206 valence electrons. The first-order valence-corrected chi connectivity index (χ1v) is 13.5. The summed E-state index contributed by atoms with van der Waals surface area (Å²) in [5, 5.41) is 9.28. The summed E-state index contributed by atoms with van der Waals surface area (Å²) in [6.07, 6.45) is -1.04. The van der Waals surface area contributed by atoms with E-state index in [-0.39, 0.29) is 30.6 Å². The Bertz CT molecular complexity index is 1290. The Balaban J connectivity index is 1.48. The van der Waals surface area contributed by atoms with Gasteiger partial charge in [-0.1, -0.05) is 24.3 Å². The van der Waals surface area contributed by atoms with E-state index in [1.165, 1.54) is 28.3 Å². The summed E-state index contributed by atoms with van der Waals surface area (Å²) in [6, 6.07) is 10.6. The second-order valence-corrected chi connectivity index (χ2v) is 11.0. The normalized spacial score (nSPS) is 13.5. The molecule has 0 spiro atoms. The lowest BCUT2D eigenvalue weighted by Gasteiger charge is -2.21. The molecule has 12 heteroatoms. The van der Waals surface area contributed by atoms with Crippen LogP contribution in [0.5, 0.6) is 5.75 Å². The number of hydrogen-bond donors (Lipinski definition) is 1. The average Bonchev–Trinajstić information content (AvgIpc) is 3.36. The van der Waals surface area contributed by atoms with E-state index in [1.807, 2.05) is 12.1 Å². The molecule has 0 saturated heterocycles. The van der Waals surface area contributed by atoms with E-state index >= 15 is 0 Å². The third-order valence-electron chi connectivity index (χ3n) is 6.24. The van der Waals surface area contributed by atoms with Gasteiger partial charge in [0.1, 0.15) is 18.2 Å². The first-order valence-electron chi connectivity index (χ1n) is 12.0. The number of aliphatic imine (C=N–C) groups is 1. The molecule has 1 N–H and O–H groups in total. The highest BCUT2D eigenvalue weighted by Gasteiger charge is 2.26. The molecule has 1 aliphatic heterocycles. The zero-order valence-corrected chi connectivity index (χ0v) is 23.1. The molecule has 0 aliphatic carbocycles. The number of amidine groups is 1. The quantitative estimate of drug-likeness (QED) is 0.428. The van der Waals surface area contributed by atoms with Gasteiger partial charge in [-0.2, -0.15) is 4.31 Å². The van der Waals surface area contributed by atoms with E-state index in [4.69, 9.17) is 9.47 Å². The largest absolute Gasteiger partial charge is 0.497 e. The topological polar surface area (TPSA) is 129 Å². The minimum absolute atomic E-state index is 0.0560. The fraction of sp³-hybridized carbons (Fsp3) is 0.423. The van der Waals surface area contributed by atoms with Gasteiger partial charge >= 0.3 is 6.09 Å². The maximum Gasteiger partial charge on any atom is 0.413 e. The molecule has 0 fully saturated rings. The van der Waals surface area contributed by atoms with Gasteiger partial charge in [-0.3, -0.25) is 14.7 Å². The first kappa shape index (κ1) is 29.1. The molecule has 0 atom stereocenters. The highest BCUT2D eigenvalue weighted by Crippen LogP contribution is 2.27. The Morgan fingerprint density at radius 1 is 1.11 bits per heavy atom. The van der Waals surface area contributed by atoms with Gasteiger partial charge in [0.05, 0.1) is 31.7 Å². The summed E-state index contributed by atoms with van der Waals surface area (Å²) in [5.41, 5.74) is 2.75. The van der Waals surface area contributed by atoms with Crippen molar-refractivity contribution >= 4 is 27.9 Å².